The highest BCUT2D eigenvalue weighted by Crippen LogP contribution is 2.26. The normalized spacial score (nSPS) is 10.6. The van der Waals surface area contributed by atoms with Gasteiger partial charge in [-0.05, 0) is 12.5 Å². The first-order valence-corrected chi connectivity index (χ1v) is 6.95. The highest BCUT2D eigenvalue weighted by atomic mass is 32.1. The number of unbranched alkanes of at least 4 members (excludes halogenated alkanes) is 2. The van der Waals surface area contributed by atoms with Crippen LogP contribution < -0.4 is 9.30 Å². The van der Waals surface area contributed by atoms with Gasteiger partial charge in [-0.1, -0.05) is 19.8 Å². The minimum Gasteiger partial charge on any atom is -0.475 e. The molecule has 2 rings (SSSR count). The van der Waals surface area contributed by atoms with Crippen molar-refractivity contribution in [3.63, 3.8) is 0 Å². The van der Waals surface area contributed by atoms with E-state index in [1.165, 1.54) is 24.6 Å². The van der Waals surface area contributed by atoms with Gasteiger partial charge in [0, 0.05) is 6.07 Å². The van der Waals surface area contributed by atoms with Gasteiger partial charge >= 0.3 is 0 Å². The SMILES string of the molecule is CCCCCOc1nsnc1-c1ccc[n+](C)c1. The van der Waals surface area contributed by atoms with Crippen molar-refractivity contribution in [2.24, 2.45) is 7.05 Å². The third-order valence-corrected chi connectivity index (χ3v) is 3.17. The summed E-state index contributed by atoms with van der Waals surface area (Å²) in [6.07, 6.45) is 7.46. The van der Waals surface area contributed by atoms with Crippen molar-refractivity contribution >= 4 is 11.7 Å². The number of aromatic nitrogens is 3. The molecule has 0 atom stereocenters. The van der Waals surface area contributed by atoms with Crippen LogP contribution in [-0.2, 0) is 7.05 Å². The number of pyridine rings is 1. The summed E-state index contributed by atoms with van der Waals surface area (Å²) in [6, 6.07) is 4.02. The maximum Gasteiger partial charge on any atom is 0.254 e. The summed E-state index contributed by atoms with van der Waals surface area (Å²) in [5, 5.41) is 0. The lowest BCUT2D eigenvalue weighted by Crippen LogP contribution is -2.26. The predicted octanol–water partition coefficient (Wildman–Crippen LogP) is 2.60. The first-order chi connectivity index (χ1) is 8.81. The number of ether oxygens (including phenoxy) is 1. The van der Waals surface area contributed by atoms with E-state index in [0.29, 0.717) is 12.5 Å². The Kier molecular flexibility index (Phi) is 4.64. The molecule has 5 heteroatoms. The van der Waals surface area contributed by atoms with Gasteiger partial charge in [0.05, 0.1) is 23.9 Å². The Morgan fingerprint density at radius 3 is 3.00 bits per heavy atom. The average molecular weight is 264 g/mol. The van der Waals surface area contributed by atoms with E-state index in [1.54, 1.807) is 0 Å². The van der Waals surface area contributed by atoms with Gasteiger partial charge in [0.25, 0.3) is 5.88 Å². The summed E-state index contributed by atoms with van der Waals surface area (Å²) in [4.78, 5) is 0. The molecule has 0 aliphatic heterocycles. The molecule has 0 aliphatic rings. The van der Waals surface area contributed by atoms with Crippen molar-refractivity contribution in [2.75, 3.05) is 6.61 Å². The van der Waals surface area contributed by atoms with Crippen LogP contribution in [0.3, 0.4) is 0 Å². The van der Waals surface area contributed by atoms with Crippen molar-refractivity contribution in [1.29, 1.82) is 0 Å². The van der Waals surface area contributed by atoms with E-state index >= 15 is 0 Å². The van der Waals surface area contributed by atoms with E-state index in [-0.39, 0.29) is 0 Å². The number of aryl methyl sites for hydroxylation is 1. The molecule has 0 spiro atoms. The molecule has 2 aromatic rings. The zero-order chi connectivity index (χ0) is 12.8. The second-order valence-corrected chi connectivity index (χ2v) is 4.76. The first kappa shape index (κ1) is 13.0. The number of hydrogen-bond acceptors (Lipinski definition) is 4. The van der Waals surface area contributed by atoms with Crippen LogP contribution >= 0.6 is 11.7 Å². The Balaban J connectivity index is 2.08. The van der Waals surface area contributed by atoms with E-state index in [4.69, 9.17) is 4.74 Å². The van der Waals surface area contributed by atoms with Gasteiger partial charge in [0.1, 0.15) is 7.05 Å². The van der Waals surface area contributed by atoms with Gasteiger partial charge in [-0.2, -0.15) is 4.37 Å². The van der Waals surface area contributed by atoms with Crippen LogP contribution in [0.15, 0.2) is 24.5 Å². The summed E-state index contributed by atoms with van der Waals surface area (Å²) in [5.74, 6) is 0.655. The smallest absolute Gasteiger partial charge is 0.254 e. The topological polar surface area (TPSA) is 38.9 Å². The summed E-state index contributed by atoms with van der Waals surface area (Å²) < 4.78 is 16.2. The molecule has 18 heavy (non-hydrogen) atoms. The lowest BCUT2D eigenvalue weighted by Gasteiger charge is -2.03. The third-order valence-electron chi connectivity index (χ3n) is 2.66. The molecule has 0 saturated heterocycles. The molecule has 0 unspecified atom stereocenters. The van der Waals surface area contributed by atoms with E-state index in [9.17, 15) is 0 Å². The molecule has 0 aliphatic carbocycles. The number of nitrogens with zero attached hydrogens (tertiary/aromatic N) is 3. The fourth-order valence-corrected chi connectivity index (χ4v) is 2.22. The van der Waals surface area contributed by atoms with Crippen LogP contribution in [0.4, 0.5) is 0 Å². The van der Waals surface area contributed by atoms with Gasteiger partial charge in [-0.3, -0.25) is 0 Å². The summed E-state index contributed by atoms with van der Waals surface area (Å²) in [6.45, 7) is 2.89. The molecular formula is C13H18N3OS+. The Labute approximate surface area is 112 Å². The molecule has 2 heterocycles. The van der Waals surface area contributed by atoms with Crippen molar-refractivity contribution in [3.05, 3.63) is 24.5 Å². The Hall–Kier alpha value is -1.49. The molecule has 4 nitrogen and oxygen atoms in total. The summed E-state index contributed by atoms with van der Waals surface area (Å²) in [5.41, 5.74) is 1.88. The fourth-order valence-electron chi connectivity index (χ4n) is 1.70. The van der Waals surface area contributed by atoms with Crippen molar-refractivity contribution in [2.45, 2.75) is 26.2 Å². The quantitative estimate of drug-likeness (QED) is 0.594. The Morgan fingerprint density at radius 1 is 1.33 bits per heavy atom. The molecule has 0 N–H and O–H groups in total. The standard InChI is InChI=1S/C13H18N3OS/c1-3-4-5-9-17-13-12(14-18-15-13)11-7-6-8-16(2)10-11/h6-8,10H,3-5,9H2,1-2H3/q+1. The van der Waals surface area contributed by atoms with Gasteiger partial charge in [0.15, 0.2) is 18.1 Å². The maximum absolute atomic E-state index is 5.70. The van der Waals surface area contributed by atoms with Gasteiger partial charge in [-0.15, -0.1) is 4.37 Å². The first-order valence-electron chi connectivity index (χ1n) is 6.22. The van der Waals surface area contributed by atoms with Crippen LogP contribution in [0, 0.1) is 0 Å². The molecule has 0 bridgehead atoms. The van der Waals surface area contributed by atoms with Gasteiger partial charge in [-0.25, -0.2) is 4.57 Å². The fraction of sp³-hybridized carbons (Fsp3) is 0.462. The lowest BCUT2D eigenvalue weighted by molar-refractivity contribution is -0.671. The van der Waals surface area contributed by atoms with Crippen molar-refractivity contribution < 1.29 is 9.30 Å². The third kappa shape index (κ3) is 3.26. The lowest BCUT2D eigenvalue weighted by atomic mass is 10.2. The average Bonchev–Trinajstić information content (AvgIpc) is 2.83. The molecule has 0 saturated carbocycles. The van der Waals surface area contributed by atoms with E-state index < -0.39 is 0 Å². The minimum atomic E-state index is 0.655. The van der Waals surface area contributed by atoms with Crippen LogP contribution in [0.2, 0.25) is 0 Å². The highest BCUT2D eigenvalue weighted by Gasteiger charge is 2.14. The van der Waals surface area contributed by atoms with E-state index in [0.717, 1.165) is 17.7 Å². The molecule has 0 aromatic carbocycles. The molecule has 0 fully saturated rings. The number of rotatable bonds is 6. The van der Waals surface area contributed by atoms with Gasteiger partial charge < -0.3 is 4.74 Å². The predicted molar refractivity (Wildman–Crippen MR) is 71.5 cm³/mol. The summed E-state index contributed by atoms with van der Waals surface area (Å²) in [7, 11) is 1.99. The molecule has 2 aromatic heterocycles. The summed E-state index contributed by atoms with van der Waals surface area (Å²) >= 11 is 1.20. The highest BCUT2D eigenvalue weighted by molar-refractivity contribution is 6.99. The second kappa shape index (κ2) is 6.44. The van der Waals surface area contributed by atoms with Crippen molar-refractivity contribution in [1.82, 2.24) is 8.75 Å². The second-order valence-electron chi connectivity index (χ2n) is 4.23. The largest absolute Gasteiger partial charge is 0.475 e. The monoisotopic (exact) mass is 264 g/mol. The molecule has 0 amide bonds. The molecule has 0 radical (unpaired) electrons. The van der Waals surface area contributed by atoms with Crippen LogP contribution in [-0.4, -0.2) is 15.4 Å². The van der Waals surface area contributed by atoms with E-state index in [1.807, 2.05) is 36.1 Å². The van der Waals surface area contributed by atoms with Gasteiger partial charge in [0.2, 0.25) is 0 Å². The zero-order valence-corrected chi connectivity index (χ0v) is 11.6. The van der Waals surface area contributed by atoms with Crippen LogP contribution in [0.1, 0.15) is 26.2 Å². The Morgan fingerprint density at radius 2 is 2.22 bits per heavy atom. The van der Waals surface area contributed by atoms with Crippen LogP contribution in [0.25, 0.3) is 11.3 Å². The minimum absolute atomic E-state index is 0.655. The van der Waals surface area contributed by atoms with Crippen LogP contribution in [0.5, 0.6) is 5.88 Å². The Bertz CT molecular complexity index is 498. The molecule has 96 valence electrons. The van der Waals surface area contributed by atoms with E-state index in [2.05, 4.69) is 15.7 Å². The molecular weight excluding hydrogens is 246 g/mol. The number of hydrogen-bond donors (Lipinski definition) is 0. The van der Waals surface area contributed by atoms with Crippen molar-refractivity contribution in [3.8, 4) is 17.1 Å². The maximum atomic E-state index is 5.70. The zero-order valence-electron chi connectivity index (χ0n) is 10.8.